The van der Waals surface area contributed by atoms with Crippen molar-refractivity contribution in [2.75, 3.05) is 13.7 Å². The predicted molar refractivity (Wildman–Crippen MR) is 89.7 cm³/mol. The van der Waals surface area contributed by atoms with Crippen LogP contribution in [0.2, 0.25) is 0 Å². The zero-order chi connectivity index (χ0) is 18.5. The fourth-order valence-corrected chi connectivity index (χ4v) is 4.48. The molecule has 4 atom stereocenters. The number of hydrogen-bond donors (Lipinski definition) is 1. The van der Waals surface area contributed by atoms with Crippen LogP contribution in [0.1, 0.15) is 36.3 Å². The van der Waals surface area contributed by atoms with E-state index in [4.69, 9.17) is 4.74 Å². The first-order valence-corrected chi connectivity index (χ1v) is 9.00. The van der Waals surface area contributed by atoms with Gasteiger partial charge in [-0.05, 0) is 30.4 Å². The van der Waals surface area contributed by atoms with Crippen LogP contribution < -0.4 is 5.32 Å². The third-order valence-corrected chi connectivity index (χ3v) is 6.03. The van der Waals surface area contributed by atoms with Crippen molar-refractivity contribution in [3.8, 4) is 0 Å². The number of hydrogen-bond acceptors (Lipinski definition) is 3. The van der Waals surface area contributed by atoms with Gasteiger partial charge in [0.25, 0.3) is 5.92 Å². The van der Waals surface area contributed by atoms with Crippen LogP contribution in [-0.4, -0.2) is 42.5 Å². The number of nitrogens with one attached hydrogen (secondary N) is 1. The summed E-state index contributed by atoms with van der Waals surface area (Å²) in [4.78, 5) is 26.4. The summed E-state index contributed by atoms with van der Waals surface area (Å²) in [6, 6.07) is 6.96. The van der Waals surface area contributed by atoms with Gasteiger partial charge in [0.15, 0.2) is 0 Å². The van der Waals surface area contributed by atoms with Crippen molar-refractivity contribution in [1.29, 1.82) is 0 Å². The number of carbonyl (C=O) groups is 2. The lowest BCUT2D eigenvalue weighted by Crippen LogP contribution is -2.49. The number of esters is 1. The Morgan fingerprint density at radius 1 is 1.23 bits per heavy atom. The molecule has 0 spiro atoms. The lowest BCUT2D eigenvalue weighted by molar-refractivity contribution is -0.143. The van der Waals surface area contributed by atoms with Crippen molar-refractivity contribution in [2.45, 2.75) is 43.7 Å². The molecule has 3 aliphatic rings. The van der Waals surface area contributed by atoms with E-state index in [-0.39, 0.29) is 24.6 Å². The molecule has 4 rings (SSSR count). The lowest BCUT2D eigenvalue weighted by Gasteiger charge is -2.34. The normalized spacial score (nSPS) is 31.4. The number of halogens is 2. The summed E-state index contributed by atoms with van der Waals surface area (Å²) in [5, 5.41) is 2.89. The molecular formula is C19H22F2N2O3. The minimum atomic E-state index is -2.56. The first-order chi connectivity index (χ1) is 12.4. The summed E-state index contributed by atoms with van der Waals surface area (Å²) in [7, 11) is 1.33. The van der Waals surface area contributed by atoms with E-state index < -0.39 is 23.7 Å². The van der Waals surface area contributed by atoms with Crippen molar-refractivity contribution < 1.29 is 23.1 Å². The highest BCUT2D eigenvalue weighted by Crippen LogP contribution is 2.62. The molecule has 0 radical (unpaired) electrons. The summed E-state index contributed by atoms with van der Waals surface area (Å²) < 4.78 is 32.0. The van der Waals surface area contributed by atoms with Crippen LogP contribution in [0.5, 0.6) is 0 Å². The molecular weight excluding hydrogens is 342 g/mol. The minimum Gasteiger partial charge on any atom is -0.468 e. The second kappa shape index (κ2) is 6.21. The zero-order valence-electron chi connectivity index (χ0n) is 14.6. The summed E-state index contributed by atoms with van der Waals surface area (Å²) in [5.41, 5.74) is 1.78. The van der Waals surface area contributed by atoms with Crippen molar-refractivity contribution in [2.24, 2.45) is 11.8 Å². The van der Waals surface area contributed by atoms with E-state index in [1.807, 2.05) is 24.3 Å². The fraction of sp³-hybridized carbons (Fsp3) is 0.579. The highest BCUT2D eigenvalue weighted by molar-refractivity contribution is 5.82. The lowest BCUT2D eigenvalue weighted by atomic mass is 9.90. The molecule has 2 saturated carbocycles. The third-order valence-electron chi connectivity index (χ3n) is 6.03. The Kier molecular flexibility index (Phi) is 4.12. The van der Waals surface area contributed by atoms with Crippen molar-refractivity contribution in [1.82, 2.24) is 10.2 Å². The van der Waals surface area contributed by atoms with Crippen molar-refractivity contribution in [3.05, 3.63) is 35.4 Å². The number of benzene rings is 1. The number of urea groups is 1. The van der Waals surface area contributed by atoms with E-state index in [0.29, 0.717) is 25.8 Å². The maximum atomic E-state index is 13.5. The Balaban J connectivity index is 1.44. The Morgan fingerprint density at radius 2 is 2.00 bits per heavy atom. The van der Waals surface area contributed by atoms with Crippen molar-refractivity contribution in [3.63, 3.8) is 0 Å². The molecule has 0 saturated heterocycles. The maximum Gasteiger partial charge on any atom is 0.317 e. The van der Waals surface area contributed by atoms with Gasteiger partial charge in [0, 0.05) is 31.0 Å². The second-order valence-corrected chi connectivity index (χ2v) is 7.50. The summed E-state index contributed by atoms with van der Waals surface area (Å²) in [6.45, 7) is 0.620. The summed E-state index contributed by atoms with van der Waals surface area (Å²) in [5.74, 6) is -4.56. The molecule has 1 N–H and O–H groups in total. The number of methoxy groups -OCH3 is 1. The Morgan fingerprint density at radius 3 is 2.73 bits per heavy atom. The van der Waals surface area contributed by atoms with E-state index in [0.717, 1.165) is 11.1 Å². The molecule has 1 aromatic carbocycles. The van der Waals surface area contributed by atoms with Gasteiger partial charge < -0.3 is 15.0 Å². The van der Waals surface area contributed by atoms with Gasteiger partial charge in [-0.15, -0.1) is 0 Å². The van der Waals surface area contributed by atoms with Gasteiger partial charge in [-0.25, -0.2) is 13.6 Å². The zero-order valence-corrected chi connectivity index (χ0v) is 14.6. The van der Waals surface area contributed by atoms with Crippen LogP contribution in [-0.2, 0) is 16.1 Å². The number of carbonyl (C=O) groups excluding carboxylic acids is 2. The molecule has 2 aliphatic carbocycles. The Bertz CT molecular complexity index is 739. The molecule has 1 heterocycles. The van der Waals surface area contributed by atoms with Crippen LogP contribution in [0.4, 0.5) is 13.6 Å². The molecule has 1 aromatic rings. The van der Waals surface area contributed by atoms with E-state index in [2.05, 4.69) is 5.32 Å². The average Bonchev–Trinajstić information content (AvgIpc) is 3.20. The second-order valence-electron chi connectivity index (χ2n) is 7.50. The standard InChI is InChI=1S/C19H22F2N2O3/c1-26-17(24)14-10-23(9-11-4-2-3-5-13(11)14)18(25)22-12-6-7-15-16(8-12)19(15,20)21/h2-5,12,14-16H,6-10H2,1H3,(H,22,25). The number of ether oxygens (including phenoxy) is 1. The summed E-state index contributed by atoms with van der Waals surface area (Å²) >= 11 is 0. The largest absolute Gasteiger partial charge is 0.468 e. The van der Waals surface area contributed by atoms with Crippen LogP contribution in [0.3, 0.4) is 0 Å². The fourth-order valence-electron chi connectivity index (χ4n) is 4.48. The number of fused-ring (bicyclic) bond motifs is 2. The number of nitrogens with zero attached hydrogens (tertiary/aromatic N) is 1. The average molecular weight is 364 g/mol. The molecule has 1 aliphatic heterocycles. The molecule has 2 amide bonds. The number of amides is 2. The maximum absolute atomic E-state index is 13.5. The van der Waals surface area contributed by atoms with Gasteiger partial charge in [0.1, 0.15) is 0 Å². The quantitative estimate of drug-likeness (QED) is 0.821. The van der Waals surface area contributed by atoms with Crippen LogP contribution >= 0.6 is 0 Å². The number of alkyl halides is 2. The van der Waals surface area contributed by atoms with E-state index in [1.54, 1.807) is 4.90 Å². The SMILES string of the molecule is COC(=O)C1CN(C(=O)NC2CCC3C(C2)C3(F)F)Cc2ccccc21. The van der Waals surface area contributed by atoms with E-state index in [9.17, 15) is 18.4 Å². The Hall–Kier alpha value is -2.18. The predicted octanol–water partition coefficient (Wildman–Crippen LogP) is 2.90. The first kappa shape index (κ1) is 17.2. The van der Waals surface area contributed by atoms with Gasteiger partial charge >= 0.3 is 12.0 Å². The van der Waals surface area contributed by atoms with Crippen molar-refractivity contribution >= 4 is 12.0 Å². The van der Waals surface area contributed by atoms with Gasteiger partial charge in [-0.1, -0.05) is 24.3 Å². The molecule has 5 nitrogen and oxygen atoms in total. The molecule has 2 fully saturated rings. The molecule has 4 unspecified atom stereocenters. The monoisotopic (exact) mass is 364 g/mol. The topological polar surface area (TPSA) is 58.6 Å². The van der Waals surface area contributed by atoms with Crippen LogP contribution in [0, 0.1) is 11.8 Å². The molecule has 0 aromatic heterocycles. The third kappa shape index (κ3) is 2.83. The minimum absolute atomic E-state index is 0.227. The highest BCUT2D eigenvalue weighted by Gasteiger charge is 2.69. The highest BCUT2D eigenvalue weighted by atomic mass is 19.3. The van der Waals surface area contributed by atoms with Gasteiger partial charge in [-0.2, -0.15) is 0 Å². The van der Waals surface area contributed by atoms with Crippen LogP contribution in [0.25, 0.3) is 0 Å². The summed E-state index contributed by atoms with van der Waals surface area (Å²) in [6.07, 6.45) is 1.36. The van der Waals surface area contributed by atoms with Crippen LogP contribution in [0.15, 0.2) is 24.3 Å². The Labute approximate surface area is 150 Å². The van der Waals surface area contributed by atoms with E-state index >= 15 is 0 Å². The van der Waals surface area contributed by atoms with Gasteiger partial charge in [-0.3, -0.25) is 4.79 Å². The van der Waals surface area contributed by atoms with Gasteiger partial charge in [0.2, 0.25) is 0 Å². The van der Waals surface area contributed by atoms with E-state index in [1.165, 1.54) is 7.11 Å². The number of rotatable bonds is 2. The smallest absolute Gasteiger partial charge is 0.317 e. The molecule has 7 heteroatoms. The molecule has 26 heavy (non-hydrogen) atoms. The molecule has 140 valence electrons. The molecule has 0 bridgehead atoms. The van der Waals surface area contributed by atoms with Gasteiger partial charge in [0.05, 0.1) is 13.0 Å². The first-order valence-electron chi connectivity index (χ1n) is 9.00.